The predicted octanol–water partition coefficient (Wildman–Crippen LogP) is 1.71. The van der Waals surface area contributed by atoms with Gasteiger partial charge in [0.05, 0.1) is 5.41 Å². The van der Waals surface area contributed by atoms with Crippen molar-refractivity contribution in [3.05, 3.63) is 39.9 Å². The maximum Gasteiger partial charge on any atom is 0.294 e. The van der Waals surface area contributed by atoms with Gasteiger partial charge in [-0.3, -0.25) is 4.79 Å². The van der Waals surface area contributed by atoms with Crippen molar-refractivity contribution < 1.29 is 24.6 Å². The standard InChI is InChI=1S/C20H33N3O6/c1-19(2,3)22-12-16(24)13-28-17-8-6-15(7-9-17)10-11-21-18(25)20(4,5)14-29-23(26)27/h6-9,16,22,24H,10-14H2,1-5H3,(H,21,25). The van der Waals surface area contributed by atoms with E-state index in [0.717, 1.165) is 5.56 Å². The van der Waals surface area contributed by atoms with Crippen molar-refractivity contribution in [1.29, 1.82) is 0 Å². The summed E-state index contributed by atoms with van der Waals surface area (Å²) in [6.45, 7) is 10.0. The Morgan fingerprint density at radius 2 is 1.83 bits per heavy atom. The number of carbonyl (C=O) groups is 1. The summed E-state index contributed by atoms with van der Waals surface area (Å²) in [7, 11) is 0. The summed E-state index contributed by atoms with van der Waals surface area (Å²) >= 11 is 0. The highest BCUT2D eigenvalue weighted by atomic mass is 16.9. The number of amides is 1. The summed E-state index contributed by atoms with van der Waals surface area (Å²) in [6.07, 6.45) is 0.00261. The van der Waals surface area contributed by atoms with Gasteiger partial charge < -0.3 is 25.3 Å². The summed E-state index contributed by atoms with van der Waals surface area (Å²) in [6, 6.07) is 7.41. The van der Waals surface area contributed by atoms with Crippen LogP contribution in [-0.4, -0.2) is 54.0 Å². The van der Waals surface area contributed by atoms with Crippen LogP contribution in [0.1, 0.15) is 40.2 Å². The van der Waals surface area contributed by atoms with E-state index in [4.69, 9.17) is 4.74 Å². The van der Waals surface area contributed by atoms with Crippen LogP contribution in [0.15, 0.2) is 24.3 Å². The lowest BCUT2D eigenvalue weighted by atomic mass is 9.93. The van der Waals surface area contributed by atoms with Gasteiger partial charge in [0.25, 0.3) is 5.09 Å². The first-order valence-corrected chi connectivity index (χ1v) is 9.59. The van der Waals surface area contributed by atoms with Crippen LogP contribution in [0.2, 0.25) is 0 Å². The van der Waals surface area contributed by atoms with Crippen molar-refractivity contribution in [1.82, 2.24) is 10.6 Å². The second kappa shape index (κ2) is 11.0. The monoisotopic (exact) mass is 411 g/mol. The molecule has 29 heavy (non-hydrogen) atoms. The Kier molecular flexibility index (Phi) is 9.32. The molecule has 1 rings (SSSR count). The fourth-order valence-electron chi connectivity index (χ4n) is 2.27. The third kappa shape index (κ3) is 10.7. The number of β-amino-alcohol motifs (C(OH)–C–C–N with tert-alkyl or cyclic N) is 1. The van der Waals surface area contributed by atoms with Crippen LogP contribution >= 0.6 is 0 Å². The average Bonchev–Trinajstić information content (AvgIpc) is 2.63. The SMILES string of the molecule is CC(C)(C)NCC(O)COc1ccc(CCNC(=O)C(C)(C)CO[N+](=O)[O-])cc1. The van der Waals surface area contributed by atoms with Crippen molar-refractivity contribution in [2.75, 3.05) is 26.3 Å². The maximum absolute atomic E-state index is 12.1. The van der Waals surface area contributed by atoms with Crippen LogP contribution in [0.25, 0.3) is 0 Å². The van der Waals surface area contributed by atoms with E-state index >= 15 is 0 Å². The van der Waals surface area contributed by atoms with E-state index in [1.54, 1.807) is 13.8 Å². The lowest BCUT2D eigenvalue weighted by Gasteiger charge is -2.23. The third-order valence-electron chi connectivity index (χ3n) is 4.08. The van der Waals surface area contributed by atoms with Gasteiger partial charge in [0.2, 0.25) is 5.91 Å². The minimum atomic E-state index is -0.993. The molecule has 0 aromatic heterocycles. The molecule has 0 heterocycles. The van der Waals surface area contributed by atoms with Crippen LogP contribution in [0.5, 0.6) is 5.75 Å². The number of nitrogens with zero attached hydrogens (tertiary/aromatic N) is 1. The van der Waals surface area contributed by atoms with Crippen molar-refractivity contribution in [2.24, 2.45) is 5.41 Å². The summed E-state index contributed by atoms with van der Waals surface area (Å²) in [5, 5.41) is 25.3. The molecule has 0 fully saturated rings. The van der Waals surface area contributed by atoms with Crippen LogP contribution in [0, 0.1) is 15.5 Å². The quantitative estimate of drug-likeness (QED) is 0.353. The molecule has 1 atom stereocenters. The Bertz CT molecular complexity index is 655. The van der Waals surface area contributed by atoms with E-state index in [0.29, 0.717) is 25.3 Å². The summed E-state index contributed by atoms with van der Waals surface area (Å²) < 4.78 is 5.59. The van der Waals surface area contributed by atoms with Gasteiger partial charge in [0.15, 0.2) is 0 Å². The van der Waals surface area contributed by atoms with Gasteiger partial charge in [0.1, 0.15) is 25.1 Å². The Hall–Kier alpha value is -2.39. The molecular weight excluding hydrogens is 378 g/mol. The summed E-state index contributed by atoms with van der Waals surface area (Å²) in [5.74, 6) is 0.350. The van der Waals surface area contributed by atoms with Gasteiger partial charge in [-0.05, 0) is 58.7 Å². The molecular formula is C20H33N3O6. The van der Waals surface area contributed by atoms with Crippen molar-refractivity contribution in [2.45, 2.75) is 52.7 Å². The minimum Gasteiger partial charge on any atom is -0.491 e. The lowest BCUT2D eigenvalue weighted by Crippen LogP contribution is -2.42. The van der Waals surface area contributed by atoms with E-state index < -0.39 is 16.6 Å². The third-order valence-corrected chi connectivity index (χ3v) is 4.08. The van der Waals surface area contributed by atoms with E-state index in [9.17, 15) is 20.0 Å². The van der Waals surface area contributed by atoms with Gasteiger partial charge in [-0.25, -0.2) is 0 Å². The zero-order valence-electron chi connectivity index (χ0n) is 17.9. The maximum atomic E-state index is 12.1. The summed E-state index contributed by atoms with van der Waals surface area (Å²) in [5.41, 5.74) is -0.0490. The number of aliphatic hydroxyl groups is 1. The largest absolute Gasteiger partial charge is 0.491 e. The first kappa shape index (κ1) is 24.6. The molecule has 0 aliphatic carbocycles. The number of carbonyl (C=O) groups excluding carboxylic acids is 1. The van der Waals surface area contributed by atoms with Crippen LogP contribution in [0.3, 0.4) is 0 Å². The molecule has 0 bridgehead atoms. The number of aliphatic hydroxyl groups excluding tert-OH is 1. The van der Waals surface area contributed by atoms with E-state index in [2.05, 4.69) is 15.5 Å². The molecule has 0 radical (unpaired) electrons. The zero-order chi connectivity index (χ0) is 22.1. The van der Waals surface area contributed by atoms with Crippen LogP contribution in [0.4, 0.5) is 0 Å². The number of hydrogen-bond acceptors (Lipinski definition) is 7. The minimum absolute atomic E-state index is 0.0628. The van der Waals surface area contributed by atoms with Crippen molar-refractivity contribution in [3.63, 3.8) is 0 Å². The molecule has 3 N–H and O–H groups in total. The molecule has 0 aliphatic rings. The number of ether oxygens (including phenoxy) is 1. The van der Waals surface area contributed by atoms with Crippen molar-refractivity contribution >= 4 is 5.91 Å². The fourth-order valence-corrected chi connectivity index (χ4v) is 2.27. The highest BCUT2D eigenvalue weighted by Crippen LogP contribution is 2.16. The molecule has 0 aliphatic heterocycles. The molecule has 0 saturated heterocycles. The number of rotatable bonds is 12. The van der Waals surface area contributed by atoms with Gasteiger partial charge in [-0.2, -0.15) is 0 Å². The molecule has 1 aromatic rings. The second-order valence-electron chi connectivity index (χ2n) is 8.63. The van der Waals surface area contributed by atoms with E-state index in [1.807, 2.05) is 45.0 Å². The Balaban J connectivity index is 2.35. The molecule has 9 nitrogen and oxygen atoms in total. The predicted molar refractivity (Wildman–Crippen MR) is 109 cm³/mol. The normalized spacial score (nSPS) is 12.9. The van der Waals surface area contributed by atoms with Crippen LogP contribution in [-0.2, 0) is 16.1 Å². The molecule has 1 aromatic carbocycles. The molecule has 0 spiro atoms. The average molecular weight is 411 g/mol. The Morgan fingerprint density at radius 1 is 1.21 bits per heavy atom. The second-order valence-corrected chi connectivity index (χ2v) is 8.63. The first-order chi connectivity index (χ1) is 13.4. The molecule has 1 amide bonds. The topological polar surface area (TPSA) is 123 Å². The lowest BCUT2D eigenvalue weighted by molar-refractivity contribution is -0.760. The van der Waals surface area contributed by atoms with Gasteiger partial charge in [-0.15, -0.1) is 10.1 Å². The molecule has 9 heteroatoms. The highest BCUT2D eigenvalue weighted by molar-refractivity contribution is 5.81. The zero-order valence-corrected chi connectivity index (χ0v) is 17.9. The Morgan fingerprint density at radius 3 is 2.38 bits per heavy atom. The number of benzene rings is 1. The van der Waals surface area contributed by atoms with Gasteiger partial charge in [-0.1, -0.05) is 12.1 Å². The van der Waals surface area contributed by atoms with Gasteiger partial charge in [0, 0.05) is 18.6 Å². The number of nitrogens with one attached hydrogen (secondary N) is 2. The molecule has 0 saturated carbocycles. The first-order valence-electron chi connectivity index (χ1n) is 9.59. The molecule has 1 unspecified atom stereocenters. The van der Waals surface area contributed by atoms with E-state index in [-0.39, 0.29) is 24.7 Å². The molecule has 164 valence electrons. The van der Waals surface area contributed by atoms with Gasteiger partial charge >= 0.3 is 0 Å². The Labute approximate surface area is 171 Å². The smallest absolute Gasteiger partial charge is 0.294 e. The fraction of sp³-hybridized carbons (Fsp3) is 0.650. The number of hydrogen-bond donors (Lipinski definition) is 3. The van der Waals surface area contributed by atoms with Crippen molar-refractivity contribution in [3.8, 4) is 5.75 Å². The highest BCUT2D eigenvalue weighted by Gasteiger charge is 2.28. The van der Waals surface area contributed by atoms with E-state index in [1.165, 1.54) is 0 Å². The summed E-state index contributed by atoms with van der Waals surface area (Å²) in [4.78, 5) is 26.7. The van der Waals surface area contributed by atoms with Crippen LogP contribution < -0.4 is 15.4 Å².